The summed E-state index contributed by atoms with van der Waals surface area (Å²) in [5.41, 5.74) is 0.129. The molecule has 0 unspecified atom stereocenters. The highest BCUT2D eigenvalue weighted by Crippen LogP contribution is 2.35. The average Bonchev–Trinajstić information content (AvgIpc) is 3.22. The van der Waals surface area contributed by atoms with Crippen molar-refractivity contribution in [2.75, 3.05) is 24.2 Å². The maximum Gasteiger partial charge on any atom is 0.273 e. The number of carbonyl (C=O) groups is 1. The Balaban J connectivity index is 1.59. The van der Waals surface area contributed by atoms with Gasteiger partial charge in [0, 0.05) is 25.6 Å². The predicted molar refractivity (Wildman–Crippen MR) is 93.6 cm³/mol. The molecule has 1 aromatic rings. The van der Waals surface area contributed by atoms with Crippen LogP contribution in [-0.2, 0) is 19.7 Å². The summed E-state index contributed by atoms with van der Waals surface area (Å²) in [6.07, 6.45) is 5.47. The van der Waals surface area contributed by atoms with Crippen LogP contribution >= 0.6 is 0 Å². The number of aromatic nitrogens is 1. The van der Waals surface area contributed by atoms with Crippen LogP contribution in [0.3, 0.4) is 0 Å². The number of nitrogens with one attached hydrogen (secondary N) is 1. The molecular weight excluding hydrogens is 344 g/mol. The van der Waals surface area contributed by atoms with E-state index in [4.69, 9.17) is 4.84 Å². The molecular formula is C16H22N4O4S. The van der Waals surface area contributed by atoms with E-state index < -0.39 is 15.6 Å². The number of hydrogen-bond donors (Lipinski definition) is 1. The van der Waals surface area contributed by atoms with E-state index >= 15 is 0 Å². The number of carbonyl (C=O) groups excluding carboxylic acids is 1. The van der Waals surface area contributed by atoms with Crippen molar-refractivity contribution in [3.8, 4) is 0 Å². The molecule has 1 amide bonds. The first-order valence-corrected chi connectivity index (χ1v) is 9.99. The molecule has 1 fully saturated rings. The lowest BCUT2D eigenvalue weighted by atomic mass is 9.96. The van der Waals surface area contributed by atoms with Gasteiger partial charge in [0.2, 0.25) is 10.0 Å². The monoisotopic (exact) mass is 366 g/mol. The van der Waals surface area contributed by atoms with Gasteiger partial charge in [-0.2, -0.15) is 4.31 Å². The molecule has 1 aromatic heterocycles. The first-order chi connectivity index (χ1) is 11.9. The second-order valence-electron chi connectivity index (χ2n) is 6.44. The average molecular weight is 366 g/mol. The molecule has 1 spiro atoms. The van der Waals surface area contributed by atoms with Gasteiger partial charge in [-0.25, -0.2) is 8.42 Å². The van der Waals surface area contributed by atoms with E-state index in [1.807, 2.05) is 6.92 Å². The highest BCUT2D eigenvalue weighted by Gasteiger charge is 2.49. The van der Waals surface area contributed by atoms with E-state index in [2.05, 4.69) is 15.5 Å². The number of unbranched alkanes of at least 4 members (excludes halogenated alkanes) is 1. The van der Waals surface area contributed by atoms with E-state index in [1.165, 1.54) is 4.31 Å². The van der Waals surface area contributed by atoms with Gasteiger partial charge in [-0.1, -0.05) is 18.5 Å². The summed E-state index contributed by atoms with van der Waals surface area (Å²) in [6, 6.07) is 3.45. The van der Waals surface area contributed by atoms with Crippen LogP contribution in [0.15, 0.2) is 29.7 Å². The summed E-state index contributed by atoms with van der Waals surface area (Å²) in [4.78, 5) is 21.7. The van der Waals surface area contributed by atoms with Gasteiger partial charge in [-0.3, -0.25) is 9.78 Å². The number of sulfonamides is 1. The Hall–Kier alpha value is -2.00. The molecule has 1 saturated heterocycles. The molecule has 2 aliphatic rings. The number of amides is 1. The van der Waals surface area contributed by atoms with E-state index in [0.717, 1.165) is 6.42 Å². The summed E-state index contributed by atoms with van der Waals surface area (Å²) < 4.78 is 26.1. The SMILES string of the molecule is CCCCS(=O)(=O)N1CC[C@]2(CC(C(=O)Nc3cccnc3)=NO2)C1. The fourth-order valence-corrected chi connectivity index (χ4v) is 4.72. The zero-order valence-corrected chi connectivity index (χ0v) is 15.0. The van der Waals surface area contributed by atoms with Crippen molar-refractivity contribution in [2.24, 2.45) is 5.16 Å². The Morgan fingerprint density at radius 1 is 1.48 bits per heavy atom. The third-order valence-corrected chi connectivity index (χ3v) is 6.35. The molecule has 0 saturated carbocycles. The molecule has 25 heavy (non-hydrogen) atoms. The number of hydrogen-bond acceptors (Lipinski definition) is 6. The Labute approximate surface area is 147 Å². The Kier molecular flexibility index (Phi) is 5.05. The lowest BCUT2D eigenvalue weighted by Crippen LogP contribution is -2.38. The van der Waals surface area contributed by atoms with Gasteiger partial charge < -0.3 is 10.2 Å². The molecule has 3 rings (SSSR count). The van der Waals surface area contributed by atoms with Crippen molar-refractivity contribution in [1.82, 2.24) is 9.29 Å². The minimum absolute atomic E-state index is 0.148. The molecule has 0 radical (unpaired) electrons. The third kappa shape index (κ3) is 3.98. The van der Waals surface area contributed by atoms with E-state index in [9.17, 15) is 13.2 Å². The van der Waals surface area contributed by atoms with Crippen LogP contribution in [0.5, 0.6) is 0 Å². The van der Waals surface area contributed by atoms with E-state index in [1.54, 1.807) is 24.5 Å². The standard InChI is InChI=1S/C16H22N4O4S/c1-2-3-9-25(22,23)20-8-6-16(12-20)10-14(19-24-16)15(21)18-13-5-4-7-17-11-13/h4-5,7,11H,2-3,6,8-10,12H2,1H3,(H,18,21)/t16-/m0/s1. The number of nitrogens with zero attached hydrogens (tertiary/aromatic N) is 3. The van der Waals surface area contributed by atoms with Crippen LogP contribution in [-0.4, -0.2) is 53.8 Å². The van der Waals surface area contributed by atoms with Gasteiger partial charge in [0.05, 0.1) is 24.2 Å². The lowest BCUT2D eigenvalue weighted by molar-refractivity contribution is -0.110. The summed E-state index contributed by atoms with van der Waals surface area (Å²) in [6.45, 7) is 2.60. The van der Waals surface area contributed by atoms with Gasteiger partial charge in [-0.15, -0.1) is 0 Å². The Morgan fingerprint density at radius 3 is 3.04 bits per heavy atom. The molecule has 1 N–H and O–H groups in total. The molecule has 9 heteroatoms. The number of anilines is 1. The van der Waals surface area contributed by atoms with Crippen LogP contribution in [0.2, 0.25) is 0 Å². The van der Waals surface area contributed by atoms with Crippen LogP contribution < -0.4 is 5.32 Å². The van der Waals surface area contributed by atoms with Gasteiger partial charge in [0.15, 0.2) is 5.60 Å². The topological polar surface area (TPSA) is 101 Å². The Morgan fingerprint density at radius 2 is 2.32 bits per heavy atom. The van der Waals surface area contributed by atoms with Crippen LogP contribution in [0, 0.1) is 0 Å². The lowest BCUT2D eigenvalue weighted by Gasteiger charge is -2.21. The van der Waals surface area contributed by atoms with Crippen molar-refractivity contribution in [3.05, 3.63) is 24.5 Å². The van der Waals surface area contributed by atoms with Crippen molar-refractivity contribution < 1.29 is 18.0 Å². The molecule has 136 valence electrons. The molecule has 8 nitrogen and oxygen atoms in total. The van der Waals surface area contributed by atoms with Gasteiger partial charge in [-0.05, 0) is 18.6 Å². The van der Waals surface area contributed by atoms with Crippen LogP contribution in [0.4, 0.5) is 5.69 Å². The largest absolute Gasteiger partial charge is 0.387 e. The smallest absolute Gasteiger partial charge is 0.273 e. The van der Waals surface area contributed by atoms with E-state index in [0.29, 0.717) is 31.5 Å². The number of oxime groups is 1. The highest BCUT2D eigenvalue weighted by molar-refractivity contribution is 7.89. The van der Waals surface area contributed by atoms with Gasteiger partial charge in [0.1, 0.15) is 5.71 Å². The van der Waals surface area contributed by atoms with Crippen LogP contribution in [0.25, 0.3) is 0 Å². The predicted octanol–water partition coefficient (Wildman–Crippen LogP) is 1.37. The molecule has 2 aliphatic heterocycles. The fraction of sp³-hybridized carbons (Fsp3) is 0.562. The summed E-state index contributed by atoms with van der Waals surface area (Å²) in [5, 5.41) is 6.62. The zero-order valence-electron chi connectivity index (χ0n) is 14.1. The molecule has 1 atom stereocenters. The quantitative estimate of drug-likeness (QED) is 0.819. The summed E-state index contributed by atoms with van der Waals surface area (Å²) >= 11 is 0. The maximum atomic E-state index is 12.3. The minimum Gasteiger partial charge on any atom is -0.387 e. The minimum atomic E-state index is -3.28. The van der Waals surface area contributed by atoms with Gasteiger partial charge in [0.25, 0.3) is 5.91 Å². The maximum absolute atomic E-state index is 12.3. The van der Waals surface area contributed by atoms with Crippen molar-refractivity contribution >= 4 is 27.3 Å². The third-order valence-electron chi connectivity index (χ3n) is 4.45. The van der Waals surface area contributed by atoms with Crippen molar-refractivity contribution in [1.29, 1.82) is 0 Å². The zero-order chi connectivity index (χ0) is 17.9. The van der Waals surface area contributed by atoms with E-state index in [-0.39, 0.29) is 23.9 Å². The number of pyridine rings is 1. The summed E-state index contributed by atoms with van der Waals surface area (Å²) in [7, 11) is -3.28. The second-order valence-corrected chi connectivity index (χ2v) is 8.53. The van der Waals surface area contributed by atoms with Gasteiger partial charge >= 0.3 is 0 Å². The molecule has 0 aromatic carbocycles. The van der Waals surface area contributed by atoms with Crippen molar-refractivity contribution in [3.63, 3.8) is 0 Å². The highest BCUT2D eigenvalue weighted by atomic mass is 32.2. The first kappa shape index (κ1) is 17.8. The first-order valence-electron chi connectivity index (χ1n) is 8.38. The second kappa shape index (κ2) is 7.09. The van der Waals surface area contributed by atoms with Crippen molar-refractivity contribution in [2.45, 2.75) is 38.2 Å². The molecule has 0 bridgehead atoms. The summed E-state index contributed by atoms with van der Waals surface area (Å²) in [5.74, 6) is -0.202. The number of rotatable bonds is 6. The molecule has 3 heterocycles. The van der Waals surface area contributed by atoms with Crippen LogP contribution in [0.1, 0.15) is 32.6 Å². The normalized spacial score (nSPS) is 23.5. The fourth-order valence-electron chi connectivity index (χ4n) is 3.00. The molecule has 0 aliphatic carbocycles. The Bertz CT molecular complexity index is 766.